The van der Waals surface area contributed by atoms with Crippen molar-refractivity contribution < 1.29 is 14.4 Å². The first kappa shape index (κ1) is 20.6. The van der Waals surface area contributed by atoms with Crippen LogP contribution in [0.3, 0.4) is 0 Å². The smallest absolute Gasteiger partial charge is 0.325 e. The predicted octanol–water partition coefficient (Wildman–Crippen LogP) is 3.65. The Kier molecular flexibility index (Phi) is 5.45. The van der Waals surface area contributed by atoms with Gasteiger partial charge in [-0.3, -0.25) is 14.5 Å². The van der Waals surface area contributed by atoms with Crippen LogP contribution in [-0.4, -0.2) is 34.8 Å². The third kappa shape index (κ3) is 4.17. The van der Waals surface area contributed by atoms with Crippen molar-refractivity contribution in [2.75, 3.05) is 6.54 Å². The molecule has 1 saturated carbocycles. The van der Waals surface area contributed by atoms with E-state index in [1.807, 2.05) is 19.1 Å². The van der Waals surface area contributed by atoms with Crippen LogP contribution in [-0.2, 0) is 9.59 Å². The number of nitrogens with one attached hydrogen (secondary N) is 2. The van der Waals surface area contributed by atoms with Gasteiger partial charge >= 0.3 is 6.03 Å². The molecule has 7 heteroatoms. The van der Waals surface area contributed by atoms with Crippen LogP contribution in [0.4, 0.5) is 4.79 Å². The molecule has 1 aromatic rings. The molecule has 0 bridgehead atoms. The molecule has 28 heavy (non-hydrogen) atoms. The van der Waals surface area contributed by atoms with E-state index in [-0.39, 0.29) is 29.8 Å². The Morgan fingerprint density at radius 3 is 2.71 bits per heavy atom. The monoisotopic (exact) mass is 405 g/mol. The number of nitrogens with zero attached hydrogens (tertiary/aromatic N) is 1. The van der Waals surface area contributed by atoms with E-state index in [1.54, 1.807) is 12.1 Å². The lowest BCUT2D eigenvalue weighted by atomic mass is 9.64. The maximum Gasteiger partial charge on any atom is 0.325 e. The van der Waals surface area contributed by atoms with Crippen molar-refractivity contribution in [2.45, 2.75) is 58.5 Å². The number of rotatable bonds is 4. The quantitative estimate of drug-likeness (QED) is 0.750. The third-order valence-corrected chi connectivity index (χ3v) is 5.89. The first-order chi connectivity index (χ1) is 13.0. The number of hydrogen-bond acceptors (Lipinski definition) is 3. The first-order valence-electron chi connectivity index (χ1n) is 9.70. The lowest BCUT2D eigenvalue weighted by molar-refractivity contribution is -0.137. The molecular weight excluding hydrogens is 378 g/mol. The topological polar surface area (TPSA) is 78.5 Å². The van der Waals surface area contributed by atoms with Gasteiger partial charge in [-0.15, -0.1) is 0 Å². The van der Waals surface area contributed by atoms with Crippen LogP contribution in [0, 0.1) is 11.3 Å². The molecule has 2 fully saturated rings. The van der Waals surface area contributed by atoms with Crippen molar-refractivity contribution in [3.63, 3.8) is 0 Å². The number of urea groups is 1. The Hall–Kier alpha value is -2.08. The van der Waals surface area contributed by atoms with Gasteiger partial charge in [-0.25, -0.2) is 4.79 Å². The highest BCUT2D eigenvalue weighted by atomic mass is 35.5. The minimum absolute atomic E-state index is 0.0417. The molecule has 4 amide bonds. The molecule has 1 saturated heterocycles. The van der Waals surface area contributed by atoms with Crippen LogP contribution in [0.15, 0.2) is 24.3 Å². The number of imide groups is 1. The summed E-state index contributed by atoms with van der Waals surface area (Å²) >= 11 is 6.00. The van der Waals surface area contributed by atoms with Crippen LogP contribution < -0.4 is 10.6 Å². The maximum atomic E-state index is 13.1. The zero-order valence-corrected chi connectivity index (χ0v) is 17.6. The summed E-state index contributed by atoms with van der Waals surface area (Å²) in [7, 11) is 0. The fraction of sp³-hybridized carbons (Fsp3) is 0.571. The molecular formula is C21H28ClN3O3. The van der Waals surface area contributed by atoms with E-state index in [4.69, 9.17) is 11.6 Å². The van der Waals surface area contributed by atoms with Gasteiger partial charge in [0, 0.05) is 5.02 Å². The summed E-state index contributed by atoms with van der Waals surface area (Å²) in [5.74, 6) is -0.344. The molecule has 0 unspecified atom stereocenters. The zero-order valence-electron chi connectivity index (χ0n) is 16.8. The largest absolute Gasteiger partial charge is 0.348 e. The van der Waals surface area contributed by atoms with Crippen molar-refractivity contribution in [3.05, 3.63) is 34.9 Å². The summed E-state index contributed by atoms with van der Waals surface area (Å²) in [6.45, 7) is 7.89. The van der Waals surface area contributed by atoms with Crippen molar-refractivity contribution in [1.82, 2.24) is 15.5 Å². The highest BCUT2D eigenvalue weighted by Crippen LogP contribution is 2.46. The van der Waals surface area contributed by atoms with E-state index in [2.05, 4.69) is 31.4 Å². The van der Waals surface area contributed by atoms with Crippen LogP contribution in [0.2, 0.25) is 5.02 Å². The Balaban J connectivity index is 1.68. The van der Waals surface area contributed by atoms with E-state index >= 15 is 0 Å². The number of hydrogen-bond donors (Lipinski definition) is 2. The van der Waals surface area contributed by atoms with Crippen molar-refractivity contribution >= 4 is 29.4 Å². The minimum Gasteiger partial charge on any atom is -0.348 e. The van der Waals surface area contributed by atoms with Gasteiger partial charge < -0.3 is 10.6 Å². The van der Waals surface area contributed by atoms with Crippen molar-refractivity contribution in [1.29, 1.82) is 0 Å². The van der Waals surface area contributed by atoms with E-state index < -0.39 is 11.6 Å². The summed E-state index contributed by atoms with van der Waals surface area (Å²) in [6.07, 6.45) is 2.21. The number of carbonyl (C=O) groups excluding carboxylic acids is 3. The van der Waals surface area contributed by atoms with Crippen molar-refractivity contribution in [3.8, 4) is 0 Å². The molecule has 1 spiro atoms. The minimum atomic E-state index is -0.892. The van der Waals surface area contributed by atoms with Crippen LogP contribution in [0.25, 0.3) is 0 Å². The van der Waals surface area contributed by atoms with Gasteiger partial charge in [0.05, 0.1) is 6.04 Å². The van der Waals surface area contributed by atoms with E-state index in [0.717, 1.165) is 16.9 Å². The van der Waals surface area contributed by atoms with E-state index in [0.29, 0.717) is 23.8 Å². The van der Waals surface area contributed by atoms with Gasteiger partial charge in [0.25, 0.3) is 5.91 Å². The number of benzene rings is 1. The molecule has 2 aliphatic rings. The lowest BCUT2D eigenvalue weighted by Gasteiger charge is -2.43. The molecule has 2 N–H and O–H groups in total. The molecule has 6 nitrogen and oxygen atoms in total. The predicted molar refractivity (Wildman–Crippen MR) is 108 cm³/mol. The van der Waals surface area contributed by atoms with Crippen molar-refractivity contribution in [2.24, 2.45) is 11.3 Å². The van der Waals surface area contributed by atoms with Crippen LogP contribution >= 0.6 is 11.6 Å². The summed E-state index contributed by atoms with van der Waals surface area (Å²) in [6, 6.07) is 6.45. The number of halogens is 1. The van der Waals surface area contributed by atoms with E-state index in [9.17, 15) is 14.4 Å². The zero-order chi connectivity index (χ0) is 20.7. The van der Waals surface area contributed by atoms with Crippen LogP contribution in [0.5, 0.6) is 0 Å². The van der Waals surface area contributed by atoms with Gasteiger partial charge in [-0.2, -0.15) is 0 Å². The Labute approximate surface area is 171 Å². The SMILES string of the molecule is C[C@@H]1CC(C)(C)C[C@@]2(C1)NC(=O)N(CC(=O)N[C@@H](C)c1cccc(Cl)c1)C2=O. The molecule has 1 aliphatic carbocycles. The van der Waals surface area contributed by atoms with Gasteiger partial charge in [0.1, 0.15) is 12.1 Å². The number of carbonyl (C=O) groups is 3. The van der Waals surface area contributed by atoms with Gasteiger partial charge in [-0.05, 0) is 55.2 Å². The third-order valence-electron chi connectivity index (χ3n) is 5.65. The second-order valence-corrected chi connectivity index (χ2v) is 9.54. The second kappa shape index (κ2) is 7.39. The molecule has 3 atom stereocenters. The molecule has 152 valence electrons. The molecule has 0 aromatic heterocycles. The highest BCUT2D eigenvalue weighted by Gasteiger charge is 2.56. The molecule has 1 aliphatic heterocycles. The average Bonchev–Trinajstić information content (AvgIpc) is 2.76. The normalized spacial score (nSPS) is 27.6. The number of amides is 4. The fourth-order valence-electron chi connectivity index (χ4n) is 4.94. The Morgan fingerprint density at radius 2 is 2.07 bits per heavy atom. The summed E-state index contributed by atoms with van der Waals surface area (Å²) in [4.78, 5) is 39.2. The molecule has 3 rings (SSSR count). The van der Waals surface area contributed by atoms with E-state index in [1.165, 1.54) is 0 Å². The van der Waals surface area contributed by atoms with Gasteiger partial charge in [0.15, 0.2) is 0 Å². The standard InChI is InChI=1S/C21H28ClN3O3/c1-13-9-20(3,4)12-21(10-13)18(27)25(19(28)24-21)11-17(26)23-14(2)15-6-5-7-16(22)8-15/h5-8,13-14H,9-12H2,1-4H3,(H,23,26)(H,24,28)/t13-,14+,21-/m1/s1. The Morgan fingerprint density at radius 1 is 1.36 bits per heavy atom. The van der Waals surface area contributed by atoms with Crippen LogP contribution in [0.1, 0.15) is 58.6 Å². The summed E-state index contributed by atoms with van der Waals surface area (Å²) < 4.78 is 0. The van der Waals surface area contributed by atoms with Gasteiger partial charge in [0.2, 0.25) is 5.91 Å². The summed E-state index contributed by atoms with van der Waals surface area (Å²) in [5.41, 5.74) is -0.0748. The molecule has 1 heterocycles. The molecule has 0 radical (unpaired) electrons. The highest BCUT2D eigenvalue weighted by molar-refractivity contribution is 6.30. The Bertz CT molecular complexity index is 810. The lowest BCUT2D eigenvalue weighted by Crippen LogP contribution is -2.54. The first-order valence-corrected chi connectivity index (χ1v) is 10.1. The fourth-order valence-corrected chi connectivity index (χ4v) is 5.14. The second-order valence-electron chi connectivity index (χ2n) is 9.10. The molecule has 1 aromatic carbocycles. The maximum absolute atomic E-state index is 13.1. The summed E-state index contributed by atoms with van der Waals surface area (Å²) in [5, 5.41) is 6.32. The van der Waals surface area contributed by atoms with Gasteiger partial charge in [-0.1, -0.05) is 44.5 Å². The average molecular weight is 406 g/mol.